The second kappa shape index (κ2) is 7.71. The van der Waals surface area contributed by atoms with E-state index in [1.807, 2.05) is 79.9 Å². The molecule has 29 heavy (non-hydrogen) atoms. The molecule has 1 atom stereocenters. The van der Waals surface area contributed by atoms with E-state index in [0.29, 0.717) is 17.1 Å². The predicted octanol–water partition coefficient (Wildman–Crippen LogP) is 4.09. The van der Waals surface area contributed by atoms with Crippen LogP contribution < -0.4 is 5.69 Å². The number of hydrogen-bond acceptors (Lipinski definition) is 4. The van der Waals surface area contributed by atoms with Crippen molar-refractivity contribution in [2.75, 3.05) is 0 Å². The van der Waals surface area contributed by atoms with Crippen molar-refractivity contribution in [1.82, 2.24) is 29.1 Å². The maximum Gasteiger partial charge on any atom is 0.328 e. The molecular weight excluding hydrogens is 364 g/mol. The molecule has 5 rings (SSSR count). The number of rotatable bonds is 3. The third-order valence-corrected chi connectivity index (χ3v) is 4.78. The fourth-order valence-electron chi connectivity index (χ4n) is 3.38. The third kappa shape index (κ3) is 3.20. The standard InChI is InChI=1S/C20H16N6O.C2H6/c1-13(14-7-3-2-4-8-14)26-18-16(23-20(26)27)11-21-19(24-18)25-12-22-15-9-5-6-10-17(15)25;1-2/h2-13H,1H3,(H,23,27);1-2H3. The number of hydrogen-bond donors (Lipinski definition) is 1. The van der Waals surface area contributed by atoms with Crippen LogP contribution >= 0.6 is 0 Å². The molecule has 0 fully saturated rings. The zero-order chi connectivity index (χ0) is 20.4. The molecule has 2 aromatic carbocycles. The summed E-state index contributed by atoms with van der Waals surface area (Å²) in [7, 11) is 0. The van der Waals surface area contributed by atoms with Crippen molar-refractivity contribution in [2.24, 2.45) is 0 Å². The lowest BCUT2D eigenvalue weighted by Crippen LogP contribution is -2.21. The Bertz CT molecular complexity index is 1320. The number of nitrogens with one attached hydrogen (secondary N) is 1. The fraction of sp³-hybridized carbons (Fsp3) is 0.182. The van der Waals surface area contributed by atoms with Gasteiger partial charge in [0.1, 0.15) is 11.8 Å². The van der Waals surface area contributed by atoms with E-state index in [1.165, 1.54) is 0 Å². The highest BCUT2D eigenvalue weighted by Gasteiger charge is 2.17. The summed E-state index contributed by atoms with van der Waals surface area (Å²) in [6.07, 6.45) is 3.34. The van der Waals surface area contributed by atoms with Crippen molar-refractivity contribution in [2.45, 2.75) is 26.8 Å². The Morgan fingerprint density at radius 1 is 0.966 bits per heavy atom. The van der Waals surface area contributed by atoms with Gasteiger partial charge in [-0.15, -0.1) is 0 Å². The van der Waals surface area contributed by atoms with Crippen LogP contribution in [0.15, 0.2) is 71.9 Å². The van der Waals surface area contributed by atoms with Crippen LogP contribution in [0, 0.1) is 0 Å². The minimum absolute atomic E-state index is 0.158. The number of benzene rings is 2. The number of imidazole rings is 2. The van der Waals surface area contributed by atoms with Crippen molar-refractivity contribution in [3.05, 3.63) is 83.2 Å². The van der Waals surface area contributed by atoms with Gasteiger partial charge in [0.05, 0.1) is 23.3 Å². The van der Waals surface area contributed by atoms with Crippen molar-refractivity contribution < 1.29 is 0 Å². The molecule has 3 aromatic heterocycles. The summed E-state index contributed by atoms with van der Waals surface area (Å²) in [6, 6.07) is 17.5. The van der Waals surface area contributed by atoms with Gasteiger partial charge in [0.2, 0.25) is 5.95 Å². The van der Waals surface area contributed by atoms with E-state index >= 15 is 0 Å². The molecule has 0 aliphatic heterocycles. The zero-order valence-electron chi connectivity index (χ0n) is 16.6. The van der Waals surface area contributed by atoms with Crippen molar-refractivity contribution in [3.8, 4) is 5.95 Å². The summed E-state index contributed by atoms with van der Waals surface area (Å²) in [5.41, 5.74) is 3.79. The Morgan fingerprint density at radius 3 is 2.48 bits per heavy atom. The predicted molar refractivity (Wildman–Crippen MR) is 114 cm³/mol. The molecule has 1 unspecified atom stereocenters. The van der Waals surface area contributed by atoms with Crippen LogP contribution in [0.5, 0.6) is 0 Å². The van der Waals surface area contributed by atoms with Gasteiger partial charge in [-0.25, -0.2) is 14.8 Å². The Hall–Kier alpha value is -3.74. The van der Waals surface area contributed by atoms with E-state index in [0.717, 1.165) is 16.6 Å². The van der Waals surface area contributed by atoms with E-state index in [2.05, 4.69) is 19.9 Å². The van der Waals surface area contributed by atoms with Gasteiger partial charge in [0.15, 0.2) is 5.65 Å². The number of H-pyrrole nitrogens is 1. The first-order chi connectivity index (χ1) is 14.2. The molecule has 0 aliphatic carbocycles. The summed E-state index contributed by atoms with van der Waals surface area (Å²) < 4.78 is 3.48. The maximum absolute atomic E-state index is 12.6. The lowest BCUT2D eigenvalue weighted by Gasteiger charge is -2.13. The van der Waals surface area contributed by atoms with Crippen LogP contribution in [0.1, 0.15) is 32.4 Å². The number of fused-ring (bicyclic) bond motifs is 2. The molecule has 0 spiro atoms. The second-order valence-electron chi connectivity index (χ2n) is 6.40. The van der Waals surface area contributed by atoms with E-state index < -0.39 is 0 Å². The zero-order valence-corrected chi connectivity index (χ0v) is 16.6. The number of aromatic nitrogens is 6. The fourth-order valence-corrected chi connectivity index (χ4v) is 3.38. The Labute approximate surface area is 167 Å². The Kier molecular flexibility index (Phi) is 4.95. The van der Waals surface area contributed by atoms with Gasteiger partial charge in [0, 0.05) is 0 Å². The van der Waals surface area contributed by atoms with Gasteiger partial charge >= 0.3 is 5.69 Å². The monoisotopic (exact) mass is 386 g/mol. The molecule has 7 nitrogen and oxygen atoms in total. The Morgan fingerprint density at radius 2 is 1.69 bits per heavy atom. The van der Waals surface area contributed by atoms with Crippen LogP contribution in [0.4, 0.5) is 0 Å². The first kappa shape index (κ1) is 18.6. The van der Waals surface area contributed by atoms with Crippen molar-refractivity contribution in [1.29, 1.82) is 0 Å². The minimum Gasteiger partial charge on any atom is -0.303 e. The SMILES string of the molecule is CC.CC(c1ccccc1)n1c(=O)[nH]c2cnc(-n3cnc4ccccc43)nc21. The molecule has 7 heteroatoms. The third-order valence-electron chi connectivity index (χ3n) is 4.78. The first-order valence-corrected chi connectivity index (χ1v) is 9.67. The second-order valence-corrected chi connectivity index (χ2v) is 6.40. The lowest BCUT2D eigenvalue weighted by molar-refractivity contribution is 0.629. The molecule has 0 saturated heterocycles. The van der Waals surface area contributed by atoms with E-state index in [-0.39, 0.29) is 11.7 Å². The molecule has 146 valence electrons. The molecule has 0 amide bonds. The van der Waals surface area contributed by atoms with Crippen LogP contribution in [-0.2, 0) is 0 Å². The molecule has 0 bridgehead atoms. The van der Waals surface area contributed by atoms with Gasteiger partial charge in [0.25, 0.3) is 0 Å². The molecule has 1 N–H and O–H groups in total. The molecular formula is C22H22N6O. The maximum atomic E-state index is 12.6. The quantitative estimate of drug-likeness (QED) is 0.506. The summed E-state index contributed by atoms with van der Waals surface area (Å²) in [5.74, 6) is 0.476. The normalized spacial score (nSPS) is 12.0. The number of para-hydroxylation sites is 2. The Balaban J connectivity index is 0.000000994. The molecule has 5 aromatic rings. The highest BCUT2D eigenvalue weighted by atomic mass is 16.1. The molecule has 0 radical (unpaired) electrons. The molecule has 3 heterocycles. The topological polar surface area (TPSA) is 81.4 Å². The van der Waals surface area contributed by atoms with Gasteiger partial charge in [-0.2, -0.15) is 4.98 Å². The van der Waals surface area contributed by atoms with E-state index in [1.54, 1.807) is 17.1 Å². The van der Waals surface area contributed by atoms with Crippen LogP contribution in [-0.4, -0.2) is 29.1 Å². The van der Waals surface area contributed by atoms with Crippen molar-refractivity contribution in [3.63, 3.8) is 0 Å². The number of nitrogens with zero attached hydrogens (tertiary/aromatic N) is 5. The van der Waals surface area contributed by atoms with Crippen LogP contribution in [0.2, 0.25) is 0 Å². The van der Waals surface area contributed by atoms with Crippen LogP contribution in [0.3, 0.4) is 0 Å². The number of aromatic amines is 1. The summed E-state index contributed by atoms with van der Waals surface area (Å²) >= 11 is 0. The average molecular weight is 386 g/mol. The van der Waals surface area contributed by atoms with Gasteiger partial charge in [-0.3, -0.25) is 9.13 Å². The van der Waals surface area contributed by atoms with Crippen molar-refractivity contribution >= 4 is 22.2 Å². The van der Waals surface area contributed by atoms with E-state index in [4.69, 9.17) is 0 Å². The highest BCUT2D eigenvalue weighted by molar-refractivity contribution is 5.77. The first-order valence-electron chi connectivity index (χ1n) is 9.67. The molecule has 0 saturated carbocycles. The average Bonchev–Trinajstić information content (AvgIpc) is 3.35. The van der Waals surface area contributed by atoms with Gasteiger partial charge in [-0.05, 0) is 24.6 Å². The summed E-state index contributed by atoms with van der Waals surface area (Å²) in [6.45, 7) is 5.98. The van der Waals surface area contributed by atoms with E-state index in [9.17, 15) is 4.79 Å². The lowest BCUT2D eigenvalue weighted by atomic mass is 10.1. The minimum atomic E-state index is -0.205. The van der Waals surface area contributed by atoms with Gasteiger partial charge in [-0.1, -0.05) is 56.3 Å². The van der Waals surface area contributed by atoms with Gasteiger partial charge < -0.3 is 4.98 Å². The summed E-state index contributed by atoms with van der Waals surface area (Å²) in [5, 5.41) is 0. The summed E-state index contributed by atoms with van der Waals surface area (Å²) in [4.78, 5) is 28.9. The largest absolute Gasteiger partial charge is 0.328 e. The highest BCUT2D eigenvalue weighted by Crippen LogP contribution is 2.21. The van der Waals surface area contributed by atoms with Crippen LogP contribution in [0.25, 0.3) is 28.1 Å². The molecule has 0 aliphatic rings. The smallest absolute Gasteiger partial charge is 0.303 e.